The van der Waals surface area contributed by atoms with Crippen LogP contribution in [-0.2, 0) is 4.74 Å². The van der Waals surface area contributed by atoms with Crippen molar-refractivity contribution in [3.8, 4) is 6.07 Å². The number of rotatable bonds is 8. The van der Waals surface area contributed by atoms with Gasteiger partial charge < -0.3 is 4.74 Å². The fourth-order valence-electron chi connectivity index (χ4n) is 3.57. The smallest absolute Gasteiger partial charge is 0.109 e. The summed E-state index contributed by atoms with van der Waals surface area (Å²) in [4.78, 5) is 0. The number of hydrogen-bond acceptors (Lipinski definition) is 3. The van der Waals surface area contributed by atoms with Crippen molar-refractivity contribution in [1.29, 1.82) is 5.26 Å². The zero-order valence-electron chi connectivity index (χ0n) is 13.3. The molecule has 0 aromatic rings. The minimum Gasteiger partial charge on any atom is -0.378 e. The summed E-state index contributed by atoms with van der Waals surface area (Å²) in [5.74, 6) is 1.16. The summed E-state index contributed by atoms with van der Waals surface area (Å²) in [6, 6.07) is 3.21. The normalized spacial score (nSPS) is 31.4. The Labute approximate surface area is 124 Å². The first kappa shape index (κ1) is 15.8. The largest absolute Gasteiger partial charge is 0.378 e. The highest BCUT2D eigenvalue weighted by molar-refractivity contribution is 5.16. The maximum atomic E-state index is 9.64. The minimum absolute atomic E-state index is 0.258. The van der Waals surface area contributed by atoms with Crippen LogP contribution in [0.1, 0.15) is 65.7 Å². The maximum absolute atomic E-state index is 9.64. The number of nitrogens with zero attached hydrogens (tertiary/aromatic N) is 1. The Morgan fingerprint density at radius 1 is 1.30 bits per heavy atom. The Bertz CT molecular complexity index is 345. The van der Waals surface area contributed by atoms with Crippen molar-refractivity contribution in [2.45, 2.75) is 83.4 Å². The van der Waals surface area contributed by atoms with Crippen molar-refractivity contribution in [2.75, 3.05) is 6.61 Å². The van der Waals surface area contributed by atoms with Crippen LogP contribution in [0.3, 0.4) is 0 Å². The van der Waals surface area contributed by atoms with Crippen molar-refractivity contribution in [2.24, 2.45) is 11.8 Å². The van der Waals surface area contributed by atoms with Gasteiger partial charge in [0.25, 0.3) is 0 Å². The summed E-state index contributed by atoms with van der Waals surface area (Å²) in [5.41, 5.74) is -0.258. The number of nitrogens with one attached hydrogen (secondary N) is 1. The van der Waals surface area contributed by atoms with Gasteiger partial charge in [-0.15, -0.1) is 0 Å². The first-order valence-electron chi connectivity index (χ1n) is 8.36. The van der Waals surface area contributed by atoms with Crippen molar-refractivity contribution < 1.29 is 4.74 Å². The van der Waals surface area contributed by atoms with Crippen LogP contribution in [0.15, 0.2) is 0 Å². The fraction of sp³-hybridized carbons (Fsp3) is 0.941. The lowest BCUT2D eigenvalue weighted by atomic mass is 9.86. The first-order chi connectivity index (χ1) is 9.55. The van der Waals surface area contributed by atoms with Gasteiger partial charge in [-0.05, 0) is 57.3 Å². The molecule has 0 bridgehead atoms. The van der Waals surface area contributed by atoms with Gasteiger partial charge in [0, 0.05) is 12.6 Å². The van der Waals surface area contributed by atoms with Gasteiger partial charge in [0.1, 0.15) is 5.54 Å². The van der Waals surface area contributed by atoms with Crippen molar-refractivity contribution in [1.82, 2.24) is 5.32 Å². The number of hydrogen-bond donors (Lipinski definition) is 1. The molecule has 2 fully saturated rings. The molecule has 0 aromatic carbocycles. The van der Waals surface area contributed by atoms with E-state index in [9.17, 15) is 5.26 Å². The Hall–Kier alpha value is -0.590. The molecule has 0 saturated heterocycles. The molecule has 3 nitrogen and oxygen atoms in total. The second-order valence-corrected chi connectivity index (χ2v) is 7.19. The van der Waals surface area contributed by atoms with Crippen LogP contribution < -0.4 is 5.32 Å². The first-order valence-corrected chi connectivity index (χ1v) is 8.36. The lowest BCUT2D eigenvalue weighted by Gasteiger charge is -2.30. The van der Waals surface area contributed by atoms with Gasteiger partial charge in [-0.3, -0.25) is 5.32 Å². The predicted molar refractivity (Wildman–Crippen MR) is 81.3 cm³/mol. The lowest BCUT2D eigenvalue weighted by Crippen LogP contribution is -2.48. The molecule has 2 aliphatic rings. The Balaban J connectivity index is 1.77. The van der Waals surface area contributed by atoms with Crippen LogP contribution in [0.4, 0.5) is 0 Å². The average Bonchev–Trinajstić information content (AvgIpc) is 3.10. The van der Waals surface area contributed by atoms with Crippen LogP contribution in [-0.4, -0.2) is 24.3 Å². The highest BCUT2D eigenvalue weighted by atomic mass is 16.5. The molecule has 0 spiro atoms. The fourth-order valence-corrected chi connectivity index (χ4v) is 3.57. The zero-order chi connectivity index (χ0) is 14.6. The molecule has 3 unspecified atom stereocenters. The van der Waals surface area contributed by atoms with E-state index in [1.807, 2.05) is 0 Å². The quantitative estimate of drug-likeness (QED) is 0.737. The van der Waals surface area contributed by atoms with E-state index in [1.54, 1.807) is 0 Å². The molecule has 2 rings (SSSR count). The Kier molecular flexibility index (Phi) is 5.46. The molecule has 2 aliphatic carbocycles. The molecule has 0 heterocycles. The second kappa shape index (κ2) is 6.91. The summed E-state index contributed by atoms with van der Waals surface area (Å²) in [6.45, 7) is 7.43. The van der Waals surface area contributed by atoms with Crippen molar-refractivity contribution in [3.63, 3.8) is 0 Å². The summed E-state index contributed by atoms with van der Waals surface area (Å²) >= 11 is 0. The van der Waals surface area contributed by atoms with E-state index in [1.165, 1.54) is 25.7 Å². The van der Waals surface area contributed by atoms with Gasteiger partial charge in [-0.1, -0.05) is 20.3 Å². The van der Waals surface area contributed by atoms with Crippen LogP contribution >= 0.6 is 0 Å². The average molecular weight is 278 g/mol. The summed E-state index contributed by atoms with van der Waals surface area (Å²) < 4.78 is 5.94. The summed E-state index contributed by atoms with van der Waals surface area (Å²) in [7, 11) is 0. The molecule has 3 atom stereocenters. The third kappa shape index (κ3) is 4.20. The Morgan fingerprint density at radius 2 is 2.05 bits per heavy atom. The van der Waals surface area contributed by atoms with Crippen LogP contribution in [0.5, 0.6) is 0 Å². The highest BCUT2D eigenvalue weighted by Gasteiger charge is 2.45. The lowest BCUT2D eigenvalue weighted by molar-refractivity contribution is 0.0395. The Morgan fingerprint density at radius 3 is 2.65 bits per heavy atom. The molecule has 20 heavy (non-hydrogen) atoms. The molecule has 0 radical (unpaired) electrons. The third-order valence-electron chi connectivity index (χ3n) is 4.73. The van der Waals surface area contributed by atoms with E-state index in [-0.39, 0.29) is 5.54 Å². The van der Waals surface area contributed by atoms with Crippen molar-refractivity contribution in [3.05, 3.63) is 0 Å². The van der Waals surface area contributed by atoms with Gasteiger partial charge >= 0.3 is 0 Å². The summed E-state index contributed by atoms with van der Waals surface area (Å²) in [5, 5.41) is 13.3. The number of ether oxygens (including phenoxy) is 1. The monoisotopic (exact) mass is 278 g/mol. The van der Waals surface area contributed by atoms with Crippen LogP contribution in [0.2, 0.25) is 0 Å². The van der Waals surface area contributed by atoms with Gasteiger partial charge in [-0.2, -0.15) is 5.26 Å². The minimum atomic E-state index is -0.258. The van der Waals surface area contributed by atoms with E-state index in [0.29, 0.717) is 24.0 Å². The van der Waals surface area contributed by atoms with Gasteiger partial charge in [0.05, 0.1) is 12.2 Å². The molecule has 1 N–H and O–H groups in total. The van der Waals surface area contributed by atoms with Crippen molar-refractivity contribution >= 4 is 0 Å². The molecule has 0 aliphatic heterocycles. The van der Waals surface area contributed by atoms with Gasteiger partial charge in [0.2, 0.25) is 0 Å². The molecule has 0 amide bonds. The maximum Gasteiger partial charge on any atom is 0.109 e. The predicted octanol–water partition coefficient (Wildman–Crippen LogP) is 3.64. The van der Waals surface area contributed by atoms with E-state index < -0.39 is 0 Å². The SMILES string of the molecule is CC(C)CC(C)OCCC1CCCC1(C#N)NC1CC1. The van der Waals surface area contributed by atoms with Gasteiger partial charge in [-0.25, -0.2) is 0 Å². The standard InChI is InChI=1S/C17H30N2O/c1-13(2)11-14(3)20-10-8-15-5-4-9-17(15,12-18)19-16-6-7-16/h13-16,19H,4-11H2,1-3H3. The van der Waals surface area contributed by atoms with Gasteiger partial charge in [0.15, 0.2) is 0 Å². The molecular formula is C17H30N2O. The van der Waals surface area contributed by atoms with E-state index in [4.69, 9.17) is 4.74 Å². The topological polar surface area (TPSA) is 45.0 Å². The number of nitriles is 1. The molecule has 2 saturated carbocycles. The molecule has 114 valence electrons. The van der Waals surface area contributed by atoms with E-state index in [0.717, 1.165) is 25.9 Å². The zero-order valence-corrected chi connectivity index (χ0v) is 13.3. The highest BCUT2D eigenvalue weighted by Crippen LogP contribution is 2.40. The van der Waals surface area contributed by atoms with E-state index in [2.05, 4.69) is 32.2 Å². The second-order valence-electron chi connectivity index (χ2n) is 7.19. The summed E-state index contributed by atoms with van der Waals surface area (Å²) in [6.07, 6.45) is 8.35. The third-order valence-corrected chi connectivity index (χ3v) is 4.73. The molecule has 0 aromatic heterocycles. The molecule has 3 heteroatoms. The van der Waals surface area contributed by atoms with Crippen LogP contribution in [0.25, 0.3) is 0 Å². The molecular weight excluding hydrogens is 248 g/mol. The van der Waals surface area contributed by atoms with Crippen LogP contribution in [0, 0.1) is 23.2 Å². The van der Waals surface area contributed by atoms with E-state index >= 15 is 0 Å².